The third kappa shape index (κ3) is 1.34. The van der Waals surface area contributed by atoms with Gasteiger partial charge in [-0.3, -0.25) is 0 Å². The molecule has 0 aliphatic carbocycles. The van der Waals surface area contributed by atoms with E-state index >= 15 is 0 Å². The monoisotopic (exact) mass is 218 g/mol. The number of rotatable bonds is 3. The third-order valence-electron chi connectivity index (χ3n) is 2.93. The van der Waals surface area contributed by atoms with Crippen LogP contribution >= 0.6 is 0 Å². The number of ether oxygens (including phenoxy) is 2. The average Bonchev–Trinajstić information content (AvgIpc) is 2.91. The minimum atomic E-state index is 0.317. The Bertz CT molecular complexity index is 519. The molecule has 2 heterocycles. The number of aromatic amines is 1. The Morgan fingerprint density at radius 1 is 1.38 bits per heavy atom. The number of H-pyrrole nitrogens is 1. The summed E-state index contributed by atoms with van der Waals surface area (Å²) in [5.41, 5.74) is 7.86. The van der Waals surface area contributed by atoms with Gasteiger partial charge in [0.2, 0.25) is 6.79 Å². The molecule has 0 fully saturated rings. The van der Waals surface area contributed by atoms with Crippen molar-refractivity contribution in [3.63, 3.8) is 0 Å². The van der Waals surface area contributed by atoms with Crippen molar-refractivity contribution in [2.45, 2.75) is 12.8 Å². The van der Waals surface area contributed by atoms with Crippen LogP contribution in [0.25, 0.3) is 10.9 Å². The normalized spacial score (nSPS) is 13.6. The van der Waals surface area contributed by atoms with E-state index in [0.717, 1.165) is 29.9 Å². The van der Waals surface area contributed by atoms with Crippen LogP contribution in [0.3, 0.4) is 0 Å². The molecule has 3 rings (SSSR count). The summed E-state index contributed by atoms with van der Waals surface area (Å²) in [5, 5.41) is 1.21. The van der Waals surface area contributed by atoms with E-state index in [1.807, 2.05) is 12.3 Å². The van der Waals surface area contributed by atoms with Gasteiger partial charge in [-0.2, -0.15) is 0 Å². The van der Waals surface area contributed by atoms with Gasteiger partial charge in [0.15, 0.2) is 11.5 Å². The molecule has 84 valence electrons. The Morgan fingerprint density at radius 2 is 2.31 bits per heavy atom. The highest BCUT2D eigenvalue weighted by Gasteiger charge is 2.20. The zero-order valence-electron chi connectivity index (χ0n) is 8.95. The molecule has 0 spiro atoms. The Hall–Kier alpha value is -1.68. The van der Waals surface area contributed by atoms with E-state index in [9.17, 15) is 0 Å². The van der Waals surface area contributed by atoms with Crippen LogP contribution in [0.15, 0.2) is 18.3 Å². The van der Waals surface area contributed by atoms with Gasteiger partial charge < -0.3 is 20.2 Å². The molecule has 1 aliphatic heterocycles. The molecule has 0 saturated carbocycles. The summed E-state index contributed by atoms with van der Waals surface area (Å²) in [4.78, 5) is 3.20. The number of aryl methyl sites for hydroxylation is 1. The predicted molar refractivity (Wildman–Crippen MR) is 61.8 cm³/mol. The molecular formula is C12H14N2O2. The molecule has 1 aromatic heterocycles. The highest BCUT2D eigenvalue weighted by atomic mass is 16.7. The number of nitrogens with one attached hydrogen (secondary N) is 1. The van der Waals surface area contributed by atoms with Crippen LogP contribution in [0.1, 0.15) is 12.0 Å². The maximum absolute atomic E-state index is 5.56. The van der Waals surface area contributed by atoms with Gasteiger partial charge in [-0.05, 0) is 25.5 Å². The first-order chi connectivity index (χ1) is 7.90. The van der Waals surface area contributed by atoms with Gasteiger partial charge in [0.05, 0.1) is 0 Å². The van der Waals surface area contributed by atoms with Crippen molar-refractivity contribution in [2.75, 3.05) is 13.3 Å². The average molecular weight is 218 g/mol. The molecule has 1 aromatic carbocycles. The van der Waals surface area contributed by atoms with Gasteiger partial charge in [0.1, 0.15) is 0 Å². The molecule has 0 unspecified atom stereocenters. The molecule has 16 heavy (non-hydrogen) atoms. The molecule has 4 heteroatoms. The van der Waals surface area contributed by atoms with Crippen LogP contribution in [0.4, 0.5) is 0 Å². The van der Waals surface area contributed by atoms with Crippen molar-refractivity contribution >= 4 is 10.9 Å². The molecule has 4 nitrogen and oxygen atoms in total. The first kappa shape index (κ1) is 9.54. The number of benzene rings is 1. The molecule has 2 aromatic rings. The summed E-state index contributed by atoms with van der Waals surface area (Å²) in [6.45, 7) is 1.01. The van der Waals surface area contributed by atoms with E-state index in [-0.39, 0.29) is 0 Å². The number of aromatic nitrogens is 1. The molecule has 0 saturated heterocycles. The van der Waals surface area contributed by atoms with Gasteiger partial charge in [0, 0.05) is 28.7 Å². The Labute approximate surface area is 93.3 Å². The smallest absolute Gasteiger partial charge is 0.231 e. The number of fused-ring (bicyclic) bond motifs is 2. The van der Waals surface area contributed by atoms with Crippen LogP contribution in [0.5, 0.6) is 11.5 Å². The van der Waals surface area contributed by atoms with Crippen LogP contribution in [-0.2, 0) is 6.42 Å². The van der Waals surface area contributed by atoms with E-state index in [0.29, 0.717) is 13.3 Å². The largest absolute Gasteiger partial charge is 0.454 e. The maximum Gasteiger partial charge on any atom is 0.231 e. The lowest BCUT2D eigenvalue weighted by Crippen LogP contribution is -2.01. The quantitative estimate of drug-likeness (QED) is 0.825. The number of nitrogens with two attached hydrogens (primary N) is 1. The maximum atomic E-state index is 5.56. The van der Waals surface area contributed by atoms with Gasteiger partial charge in [0.25, 0.3) is 0 Å². The lowest BCUT2D eigenvalue weighted by Gasteiger charge is -2.07. The first-order valence-corrected chi connectivity index (χ1v) is 5.49. The lowest BCUT2D eigenvalue weighted by molar-refractivity contribution is 0.173. The summed E-state index contributed by atoms with van der Waals surface area (Å²) >= 11 is 0. The topological polar surface area (TPSA) is 60.3 Å². The van der Waals surface area contributed by atoms with Crippen LogP contribution in [0.2, 0.25) is 0 Å². The lowest BCUT2D eigenvalue weighted by atomic mass is 10.0. The first-order valence-electron chi connectivity index (χ1n) is 5.49. The van der Waals surface area contributed by atoms with E-state index in [1.54, 1.807) is 0 Å². The second-order valence-electron chi connectivity index (χ2n) is 3.92. The predicted octanol–water partition coefficient (Wildman–Crippen LogP) is 1.79. The van der Waals surface area contributed by atoms with Gasteiger partial charge in [-0.15, -0.1) is 0 Å². The van der Waals surface area contributed by atoms with Crippen molar-refractivity contribution in [2.24, 2.45) is 5.73 Å². The third-order valence-corrected chi connectivity index (χ3v) is 2.93. The fraction of sp³-hybridized carbons (Fsp3) is 0.333. The van der Waals surface area contributed by atoms with E-state index in [2.05, 4.69) is 11.1 Å². The van der Waals surface area contributed by atoms with E-state index in [4.69, 9.17) is 15.2 Å². The van der Waals surface area contributed by atoms with Gasteiger partial charge >= 0.3 is 0 Å². The van der Waals surface area contributed by atoms with E-state index < -0.39 is 0 Å². The fourth-order valence-corrected chi connectivity index (χ4v) is 2.18. The highest BCUT2D eigenvalue weighted by Crippen LogP contribution is 2.40. The van der Waals surface area contributed by atoms with Gasteiger partial charge in [-0.25, -0.2) is 0 Å². The van der Waals surface area contributed by atoms with Crippen molar-refractivity contribution in [1.82, 2.24) is 4.98 Å². The Morgan fingerprint density at radius 3 is 3.19 bits per heavy atom. The SMILES string of the molecule is NCCCc1c2c(cc3[nH]ccc13)OCO2. The summed E-state index contributed by atoms with van der Waals surface area (Å²) in [5.74, 6) is 1.72. The fourth-order valence-electron chi connectivity index (χ4n) is 2.18. The second-order valence-corrected chi connectivity index (χ2v) is 3.92. The van der Waals surface area contributed by atoms with Crippen LogP contribution in [-0.4, -0.2) is 18.3 Å². The summed E-state index contributed by atoms with van der Waals surface area (Å²) in [6, 6.07) is 4.06. The van der Waals surface area contributed by atoms with Crippen molar-refractivity contribution in [1.29, 1.82) is 0 Å². The molecule has 0 atom stereocenters. The van der Waals surface area contributed by atoms with E-state index in [1.165, 1.54) is 10.9 Å². The van der Waals surface area contributed by atoms with Crippen LogP contribution in [0, 0.1) is 0 Å². The summed E-state index contributed by atoms with van der Waals surface area (Å²) < 4.78 is 11.0. The molecule has 0 amide bonds. The van der Waals surface area contributed by atoms with Crippen molar-refractivity contribution in [3.05, 3.63) is 23.9 Å². The minimum Gasteiger partial charge on any atom is -0.454 e. The zero-order valence-corrected chi connectivity index (χ0v) is 8.95. The van der Waals surface area contributed by atoms with Crippen molar-refractivity contribution in [3.8, 4) is 11.5 Å². The Balaban J connectivity index is 2.16. The minimum absolute atomic E-state index is 0.317. The van der Waals surface area contributed by atoms with Gasteiger partial charge in [-0.1, -0.05) is 0 Å². The molecule has 3 N–H and O–H groups in total. The molecule has 0 radical (unpaired) electrons. The summed E-state index contributed by atoms with van der Waals surface area (Å²) in [7, 11) is 0. The number of hydrogen-bond donors (Lipinski definition) is 2. The molecular weight excluding hydrogens is 204 g/mol. The van der Waals surface area contributed by atoms with Crippen LogP contribution < -0.4 is 15.2 Å². The molecule has 0 bridgehead atoms. The van der Waals surface area contributed by atoms with Crippen molar-refractivity contribution < 1.29 is 9.47 Å². The standard InChI is InChI=1S/C12H14N2O2/c13-4-1-2-9-8-3-5-14-10(8)6-11-12(9)16-7-15-11/h3,5-6,14H,1-2,4,7,13H2. The second kappa shape index (κ2) is 3.72. The zero-order chi connectivity index (χ0) is 11.0. The number of hydrogen-bond acceptors (Lipinski definition) is 3. The highest BCUT2D eigenvalue weighted by molar-refractivity contribution is 5.88. The molecule has 1 aliphatic rings. The Kier molecular flexibility index (Phi) is 2.22. The summed E-state index contributed by atoms with van der Waals surface area (Å²) in [6.07, 6.45) is 3.82.